The highest BCUT2D eigenvalue weighted by Crippen LogP contribution is 2.19. The average Bonchev–Trinajstić information content (AvgIpc) is 2.04. The second kappa shape index (κ2) is 4.96. The Morgan fingerprint density at radius 2 is 2.31 bits per heavy atom. The number of unbranched alkanes of at least 4 members (excludes halogenated alkanes) is 1. The number of hydrogen-bond donors (Lipinski definition) is 0. The third kappa shape index (κ3) is 3.54. The molecule has 0 aliphatic carbocycles. The zero-order valence-corrected chi connectivity index (χ0v) is 7.71. The predicted molar refractivity (Wildman–Crippen MR) is 42.6 cm³/mol. The van der Waals surface area contributed by atoms with Crippen LogP contribution in [0.2, 0.25) is 0 Å². The van der Waals surface area contributed by atoms with Gasteiger partial charge in [0, 0.05) is 11.6 Å². The van der Waals surface area contributed by atoms with Crippen molar-refractivity contribution < 1.29 is 18.8 Å². The van der Waals surface area contributed by atoms with Crippen LogP contribution in [0.3, 0.4) is 0 Å². The molecule has 0 radical (unpaired) electrons. The Kier molecular flexibility index (Phi) is 4.61. The van der Waals surface area contributed by atoms with Gasteiger partial charge in [-0.15, -0.1) is 4.39 Å². The van der Waals surface area contributed by atoms with Gasteiger partial charge in [0.1, 0.15) is 0 Å². The van der Waals surface area contributed by atoms with Crippen LogP contribution < -0.4 is 0 Å². The summed E-state index contributed by atoms with van der Waals surface area (Å²) in [6.45, 7) is 1.76. The summed E-state index contributed by atoms with van der Waals surface area (Å²) in [7, 11) is 0. The van der Waals surface area contributed by atoms with Crippen molar-refractivity contribution in [3.8, 4) is 0 Å². The Balaban J connectivity index is 4.03. The molecular formula is C6H9ClFNO4. The van der Waals surface area contributed by atoms with E-state index in [0.29, 0.717) is 6.42 Å². The largest absolute Gasteiger partial charge is 0.535 e. The lowest BCUT2D eigenvalue weighted by Gasteiger charge is -2.07. The number of carbonyl (C=O) groups excluding carboxylic acids is 1. The van der Waals surface area contributed by atoms with Gasteiger partial charge in [-0.1, -0.05) is 13.3 Å². The molecule has 0 bridgehead atoms. The van der Waals surface area contributed by atoms with Gasteiger partial charge in [-0.05, 0) is 6.42 Å². The molecule has 5 nitrogen and oxygen atoms in total. The first-order valence-electron chi connectivity index (χ1n) is 3.62. The maximum atomic E-state index is 12.6. The highest BCUT2D eigenvalue weighted by molar-refractivity contribution is 6.31. The zero-order valence-electron chi connectivity index (χ0n) is 6.96. The Bertz CT molecular complexity index is 209. The molecule has 0 fully saturated rings. The van der Waals surface area contributed by atoms with Crippen molar-refractivity contribution in [1.29, 1.82) is 0 Å². The van der Waals surface area contributed by atoms with Crippen LogP contribution in [0.5, 0.6) is 0 Å². The van der Waals surface area contributed by atoms with Crippen molar-refractivity contribution in [2.45, 2.75) is 25.0 Å². The van der Waals surface area contributed by atoms with Gasteiger partial charge in [-0.25, -0.2) is 4.79 Å². The summed E-state index contributed by atoms with van der Waals surface area (Å²) >= 11 is 4.66. The van der Waals surface area contributed by atoms with E-state index < -0.39 is 16.1 Å². The van der Waals surface area contributed by atoms with Crippen molar-refractivity contribution in [1.82, 2.24) is 0 Å². The lowest BCUT2D eigenvalue weighted by molar-refractivity contribution is -0.560. The van der Waals surface area contributed by atoms with E-state index in [4.69, 9.17) is 0 Å². The van der Waals surface area contributed by atoms with Gasteiger partial charge in [0.15, 0.2) is 0 Å². The minimum atomic E-state index is -3.66. The first-order valence-corrected chi connectivity index (χ1v) is 4.00. The summed E-state index contributed by atoms with van der Waals surface area (Å²) in [5, 5.41) is 6.23. The van der Waals surface area contributed by atoms with Gasteiger partial charge >= 0.3 is 11.2 Å². The molecule has 0 saturated heterocycles. The quantitative estimate of drug-likeness (QED) is 0.173. The molecule has 7 heteroatoms. The van der Waals surface area contributed by atoms with Gasteiger partial charge in [0.25, 0.3) is 0 Å². The maximum absolute atomic E-state index is 12.6. The molecule has 0 heterocycles. The highest BCUT2D eigenvalue weighted by Gasteiger charge is 2.52. The molecule has 0 aromatic heterocycles. The minimum absolute atomic E-state index is 0.0679. The minimum Gasteiger partial charge on any atom is -0.457 e. The van der Waals surface area contributed by atoms with Gasteiger partial charge in [-0.2, -0.15) is 0 Å². The first-order chi connectivity index (χ1) is 5.92. The molecule has 13 heavy (non-hydrogen) atoms. The number of hydrogen-bond acceptors (Lipinski definition) is 4. The van der Waals surface area contributed by atoms with Crippen molar-refractivity contribution in [2.75, 3.05) is 6.61 Å². The number of alkyl halides is 2. The smallest absolute Gasteiger partial charge is 0.457 e. The third-order valence-corrected chi connectivity index (χ3v) is 1.50. The average molecular weight is 214 g/mol. The third-order valence-electron chi connectivity index (χ3n) is 1.21. The molecule has 0 spiro atoms. The molecule has 0 aromatic carbocycles. The second-order valence-electron chi connectivity index (χ2n) is 2.29. The summed E-state index contributed by atoms with van der Waals surface area (Å²) < 4.78 is 16.8. The molecule has 0 N–H and O–H groups in total. The van der Waals surface area contributed by atoms with Gasteiger partial charge < -0.3 is 4.74 Å². The normalized spacial score (nSPS) is 14.7. The standard InChI is InChI=1S/C6H9ClFNO4/c1-2-3-4-13-5(10)6(7,8)9(11)12/h2-4H2,1H3. The molecule has 0 amide bonds. The Hall–Kier alpha value is -0.910. The summed E-state index contributed by atoms with van der Waals surface area (Å²) in [6.07, 6.45) is 1.24. The van der Waals surface area contributed by atoms with E-state index in [-0.39, 0.29) is 6.61 Å². The van der Waals surface area contributed by atoms with Crippen molar-refractivity contribution in [2.24, 2.45) is 0 Å². The number of esters is 1. The Labute approximate surface area is 79.0 Å². The fourth-order valence-corrected chi connectivity index (χ4v) is 0.525. The molecule has 0 aromatic rings. The SMILES string of the molecule is CCCCOC(=O)C(F)(Cl)[N+](=O)[O-]. The van der Waals surface area contributed by atoms with E-state index in [9.17, 15) is 19.3 Å². The molecular weight excluding hydrogens is 205 g/mol. The van der Waals surface area contributed by atoms with E-state index in [1.165, 1.54) is 0 Å². The van der Waals surface area contributed by atoms with Crippen LogP contribution in [-0.2, 0) is 9.53 Å². The van der Waals surface area contributed by atoms with Crippen LogP contribution in [0, 0.1) is 10.1 Å². The fraction of sp³-hybridized carbons (Fsp3) is 0.833. The summed E-state index contributed by atoms with van der Waals surface area (Å²) in [5.74, 6) is -1.67. The van der Waals surface area contributed by atoms with E-state index in [1.54, 1.807) is 0 Å². The maximum Gasteiger partial charge on any atom is 0.535 e. The summed E-state index contributed by atoms with van der Waals surface area (Å²) in [4.78, 5) is 19.0. The molecule has 0 rings (SSSR count). The topological polar surface area (TPSA) is 69.4 Å². The van der Waals surface area contributed by atoms with Gasteiger partial charge in [0.2, 0.25) is 0 Å². The molecule has 0 aliphatic rings. The molecule has 1 unspecified atom stereocenters. The van der Waals surface area contributed by atoms with Gasteiger partial charge in [0.05, 0.1) is 11.5 Å². The summed E-state index contributed by atoms with van der Waals surface area (Å²) in [5.41, 5.74) is 0. The number of ether oxygens (including phenoxy) is 1. The van der Waals surface area contributed by atoms with E-state index in [1.807, 2.05) is 6.92 Å². The van der Waals surface area contributed by atoms with Crippen molar-refractivity contribution >= 4 is 17.6 Å². The number of nitrogens with zero attached hydrogens (tertiary/aromatic N) is 1. The van der Waals surface area contributed by atoms with E-state index in [2.05, 4.69) is 16.3 Å². The number of rotatable bonds is 5. The van der Waals surface area contributed by atoms with E-state index in [0.717, 1.165) is 6.42 Å². The number of halogens is 2. The Morgan fingerprint density at radius 1 is 1.77 bits per heavy atom. The van der Waals surface area contributed by atoms with Crippen LogP contribution in [0.4, 0.5) is 4.39 Å². The monoisotopic (exact) mass is 213 g/mol. The fourth-order valence-electron chi connectivity index (χ4n) is 0.471. The van der Waals surface area contributed by atoms with Crippen LogP contribution in [0.15, 0.2) is 0 Å². The number of nitro groups is 1. The lowest BCUT2D eigenvalue weighted by atomic mass is 10.4. The highest BCUT2D eigenvalue weighted by atomic mass is 35.5. The van der Waals surface area contributed by atoms with Crippen molar-refractivity contribution in [3.63, 3.8) is 0 Å². The van der Waals surface area contributed by atoms with Crippen LogP contribution in [0.1, 0.15) is 19.8 Å². The van der Waals surface area contributed by atoms with Crippen molar-refractivity contribution in [3.05, 3.63) is 10.1 Å². The summed E-state index contributed by atoms with van der Waals surface area (Å²) in [6, 6.07) is 0. The number of carbonyl (C=O) groups is 1. The van der Waals surface area contributed by atoms with Crippen LogP contribution in [0.25, 0.3) is 0 Å². The Morgan fingerprint density at radius 3 is 2.69 bits per heavy atom. The molecule has 76 valence electrons. The predicted octanol–water partition coefficient (Wildman–Crippen LogP) is 1.47. The zero-order chi connectivity index (χ0) is 10.5. The molecule has 0 aliphatic heterocycles. The lowest BCUT2D eigenvalue weighted by Crippen LogP contribution is -2.37. The molecule has 1 atom stereocenters. The van der Waals surface area contributed by atoms with Crippen LogP contribution in [-0.4, -0.2) is 22.8 Å². The molecule has 0 saturated carbocycles. The van der Waals surface area contributed by atoms with E-state index >= 15 is 0 Å². The van der Waals surface area contributed by atoms with Gasteiger partial charge in [-0.3, -0.25) is 10.1 Å². The first kappa shape index (κ1) is 12.1. The van der Waals surface area contributed by atoms with Crippen LogP contribution >= 0.6 is 11.6 Å². The second-order valence-corrected chi connectivity index (χ2v) is 2.79.